The van der Waals surface area contributed by atoms with E-state index >= 15 is 0 Å². The second-order valence-electron chi connectivity index (χ2n) is 9.60. The third kappa shape index (κ3) is 5.56. The summed E-state index contributed by atoms with van der Waals surface area (Å²) >= 11 is 0. The maximum Gasteiger partial charge on any atom is 0.259 e. The zero-order valence-corrected chi connectivity index (χ0v) is 20.0. The fourth-order valence-electron chi connectivity index (χ4n) is 5.13. The van der Waals surface area contributed by atoms with Gasteiger partial charge in [0, 0.05) is 50.3 Å². The molecule has 1 aromatic heterocycles. The number of nitrogens with one attached hydrogen (secondary N) is 1. The molecule has 35 heavy (non-hydrogen) atoms. The first-order chi connectivity index (χ1) is 17.1. The molecule has 0 atom stereocenters. The quantitative estimate of drug-likeness (QED) is 0.599. The first-order valence-electron chi connectivity index (χ1n) is 12.7. The van der Waals surface area contributed by atoms with Crippen LogP contribution in [-0.4, -0.2) is 70.2 Å². The molecule has 0 radical (unpaired) electrons. The third-order valence-electron chi connectivity index (χ3n) is 7.11. The van der Waals surface area contributed by atoms with Crippen LogP contribution in [0.25, 0.3) is 0 Å². The van der Waals surface area contributed by atoms with E-state index in [4.69, 9.17) is 4.74 Å². The van der Waals surface area contributed by atoms with Crippen LogP contribution < -0.4 is 15.0 Å². The van der Waals surface area contributed by atoms with Gasteiger partial charge < -0.3 is 20.1 Å². The number of aliphatic hydroxyl groups excluding tert-OH is 1. The van der Waals surface area contributed by atoms with Gasteiger partial charge >= 0.3 is 0 Å². The summed E-state index contributed by atoms with van der Waals surface area (Å²) in [6.07, 6.45) is 7.66. The minimum absolute atomic E-state index is 0.127. The zero-order chi connectivity index (χ0) is 24.2. The molecule has 2 N–H and O–H groups in total. The highest BCUT2D eigenvalue weighted by atomic mass is 16.5. The van der Waals surface area contributed by atoms with Crippen LogP contribution in [0.4, 0.5) is 11.8 Å². The Balaban J connectivity index is 1.34. The molecule has 1 aromatic carbocycles. The van der Waals surface area contributed by atoms with E-state index in [1.165, 1.54) is 0 Å². The van der Waals surface area contributed by atoms with Gasteiger partial charge in [-0.3, -0.25) is 14.5 Å². The van der Waals surface area contributed by atoms with Gasteiger partial charge in [-0.2, -0.15) is 4.98 Å². The molecule has 0 unspecified atom stereocenters. The van der Waals surface area contributed by atoms with Crippen molar-refractivity contribution in [2.75, 3.05) is 36.5 Å². The SMILES string of the molecule is O=C1CCCN1CCCN(C(=O)c1ccc2c(c1)CCO2)c1ccnc(NC2CCC(O)CC2)n1. The first kappa shape index (κ1) is 23.5. The number of hydrogen-bond acceptors (Lipinski definition) is 7. The summed E-state index contributed by atoms with van der Waals surface area (Å²) in [6.45, 7) is 2.50. The maximum atomic E-state index is 13.7. The number of ether oxygens (including phenoxy) is 1. The monoisotopic (exact) mass is 479 g/mol. The predicted molar refractivity (Wildman–Crippen MR) is 132 cm³/mol. The maximum absolute atomic E-state index is 13.7. The number of hydrogen-bond donors (Lipinski definition) is 2. The zero-order valence-electron chi connectivity index (χ0n) is 20.0. The summed E-state index contributed by atoms with van der Waals surface area (Å²) < 4.78 is 5.60. The average molecular weight is 480 g/mol. The topological polar surface area (TPSA) is 108 Å². The Kier molecular flexibility index (Phi) is 7.13. The number of nitrogens with zero attached hydrogens (tertiary/aromatic N) is 4. The van der Waals surface area contributed by atoms with Gasteiger partial charge in [-0.15, -0.1) is 0 Å². The van der Waals surface area contributed by atoms with Crippen molar-refractivity contribution >= 4 is 23.6 Å². The molecule has 0 bridgehead atoms. The molecule has 2 aliphatic heterocycles. The van der Waals surface area contributed by atoms with E-state index in [0.717, 1.165) is 56.4 Å². The van der Waals surface area contributed by atoms with Crippen molar-refractivity contribution in [1.82, 2.24) is 14.9 Å². The van der Waals surface area contributed by atoms with Crippen molar-refractivity contribution in [3.8, 4) is 5.75 Å². The summed E-state index contributed by atoms with van der Waals surface area (Å²) in [5.41, 5.74) is 1.64. The van der Waals surface area contributed by atoms with Gasteiger partial charge in [-0.25, -0.2) is 4.98 Å². The van der Waals surface area contributed by atoms with E-state index in [1.807, 2.05) is 17.0 Å². The molecule has 186 valence electrons. The number of aliphatic hydroxyl groups is 1. The molecule has 1 saturated heterocycles. The Labute approximate surface area is 205 Å². The highest BCUT2D eigenvalue weighted by Gasteiger charge is 2.25. The summed E-state index contributed by atoms with van der Waals surface area (Å²) in [5, 5.41) is 13.2. The van der Waals surface area contributed by atoms with E-state index in [1.54, 1.807) is 23.2 Å². The lowest BCUT2D eigenvalue weighted by Gasteiger charge is -2.27. The highest BCUT2D eigenvalue weighted by molar-refractivity contribution is 6.05. The molecule has 2 fully saturated rings. The van der Waals surface area contributed by atoms with E-state index in [0.29, 0.717) is 49.9 Å². The number of amides is 2. The first-order valence-corrected chi connectivity index (χ1v) is 12.7. The van der Waals surface area contributed by atoms with Crippen LogP contribution in [-0.2, 0) is 11.2 Å². The second-order valence-corrected chi connectivity index (χ2v) is 9.60. The van der Waals surface area contributed by atoms with E-state index in [9.17, 15) is 14.7 Å². The van der Waals surface area contributed by atoms with Gasteiger partial charge in [-0.05, 0) is 68.4 Å². The van der Waals surface area contributed by atoms with Gasteiger partial charge in [0.15, 0.2) is 0 Å². The summed E-state index contributed by atoms with van der Waals surface area (Å²) in [6, 6.07) is 7.54. The lowest BCUT2D eigenvalue weighted by Crippen LogP contribution is -2.36. The van der Waals surface area contributed by atoms with Crippen LogP contribution in [0.1, 0.15) is 60.9 Å². The lowest BCUT2D eigenvalue weighted by atomic mass is 9.93. The second kappa shape index (κ2) is 10.6. The van der Waals surface area contributed by atoms with Crippen LogP contribution in [0.2, 0.25) is 0 Å². The Morgan fingerprint density at radius 2 is 2.06 bits per heavy atom. The molecule has 1 saturated carbocycles. The minimum atomic E-state index is -0.228. The van der Waals surface area contributed by atoms with E-state index < -0.39 is 0 Å². The number of aromatic nitrogens is 2. The minimum Gasteiger partial charge on any atom is -0.493 e. The molecule has 9 nitrogen and oxygen atoms in total. The summed E-state index contributed by atoms with van der Waals surface area (Å²) in [4.78, 5) is 38.3. The predicted octanol–water partition coefficient (Wildman–Crippen LogP) is 2.79. The number of carbonyl (C=O) groups excluding carboxylic acids is 2. The van der Waals surface area contributed by atoms with Crippen LogP contribution in [0.15, 0.2) is 30.5 Å². The normalized spacial score (nSPS) is 21.5. The number of rotatable bonds is 8. The molecule has 2 aromatic rings. The average Bonchev–Trinajstić information content (AvgIpc) is 3.51. The Hall–Kier alpha value is -3.20. The molecular formula is C26H33N5O4. The van der Waals surface area contributed by atoms with E-state index in [-0.39, 0.29) is 24.0 Å². The van der Waals surface area contributed by atoms with Crippen LogP contribution >= 0.6 is 0 Å². The smallest absolute Gasteiger partial charge is 0.259 e. The largest absolute Gasteiger partial charge is 0.493 e. The Morgan fingerprint density at radius 1 is 1.20 bits per heavy atom. The summed E-state index contributed by atoms with van der Waals surface area (Å²) in [7, 11) is 0. The number of anilines is 2. The highest BCUT2D eigenvalue weighted by Crippen LogP contribution is 2.28. The summed E-state index contributed by atoms with van der Waals surface area (Å²) in [5.74, 6) is 1.92. The van der Waals surface area contributed by atoms with Gasteiger partial charge in [0.1, 0.15) is 11.6 Å². The third-order valence-corrected chi connectivity index (χ3v) is 7.11. The van der Waals surface area contributed by atoms with Gasteiger partial charge in [0.2, 0.25) is 11.9 Å². The molecule has 0 spiro atoms. The van der Waals surface area contributed by atoms with Gasteiger partial charge in [-0.1, -0.05) is 0 Å². The van der Waals surface area contributed by atoms with Crippen LogP contribution in [0.3, 0.4) is 0 Å². The number of likely N-dealkylation sites (tertiary alicyclic amines) is 1. The number of carbonyl (C=O) groups is 2. The van der Waals surface area contributed by atoms with Crippen molar-refractivity contribution in [3.05, 3.63) is 41.6 Å². The number of fused-ring (bicyclic) bond motifs is 1. The standard InChI is InChI=1S/C26H33N5O4/c32-21-7-5-20(6-8-21)28-26-27-12-10-23(29-26)31(15-2-14-30-13-1-3-24(30)33)25(34)19-4-9-22-18(17-19)11-16-35-22/h4,9-10,12,17,20-21,32H,1-3,5-8,11,13-16H2,(H,27,28,29). The van der Waals surface area contributed by atoms with E-state index in [2.05, 4.69) is 15.3 Å². The molecular weight excluding hydrogens is 446 g/mol. The van der Waals surface area contributed by atoms with Crippen LogP contribution in [0.5, 0.6) is 5.75 Å². The van der Waals surface area contributed by atoms with Crippen molar-refractivity contribution < 1.29 is 19.4 Å². The number of benzene rings is 1. The lowest BCUT2D eigenvalue weighted by molar-refractivity contribution is -0.127. The molecule has 9 heteroatoms. The molecule has 3 aliphatic rings. The molecule has 1 aliphatic carbocycles. The van der Waals surface area contributed by atoms with Crippen molar-refractivity contribution in [2.24, 2.45) is 0 Å². The van der Waals surface area contributed by atoms with Crippen LogP contribution in [0, 0.1) is 0 Å². The molecule has 3 heterocycles. The molecule has 2 amide bonds. The molecule has 5 rings (SSSR count). The Morgan fingerprint density at radius 3 is 2.86 bits per heavy atom. The van der Waals surface area contributed by atoms with Gasteiger partial charge in [0.05, 0.1) is 12.7 Å². The fraction of sp³-hybridized carbons (Fsp3) is 0.538. The Bertz CT molecular complexity index is 1070. The van der Waals surface area contributed by atoms with Crippen molar-refractivity contribution in [3.63, 3.8) is 0 Å². The van der Waals surface area contributed by atoms with Gasteiger partial charge in [0.25, 0.3) is 5.91 Å². The van der Waals surface area contributed by atoms with Crippen molar-refractivity contribution in [1.29, 1.82) is 0 Å². The van der Waals surface area contributed by atoms with Crippen molar-refractivity contribution in [2.45, 2.75) is 63.5 Å². The fourth-order valence-corrected chi connectivity index (χ4v) is 5.13.